The monoisotopic (exact) mass is 215 g/mol. The van der Waals surface area contributed by atoms with Gasteiger partial charge < -0.3 is 5.73 Å². The quantitative estimate of drug-likeness (QED) is 0.716. The molecule has 2 N–H and O–H groups in total. The largest absolute Gasteiger partial charge is 0.321 e. The lowest BCUT2D eigenvalue weighted by Crippen LogP contribution is -2.27. The summed E-state index contributed by atoms with van der Waals surface area (Å²) in [4.78, 5) is 0. The SMILES string of the molecule is CC1(C)CC1(N)c1cc(F)c(F)cc1F. The van der Waals surface area contributed by atoms with Gasteiger partial charge in [0, 0.05) is 17.2 Å². The van der Waals surface area contributed by atoms with E-state index in [4.69, 9.17) is 5.73 Å². The molecule has 0 heterocycles. The molecule has 1 unspecified atom stereocenters. The van der Waals surface area contributed by atoms with Crippen LogP contribution in [0.3, 0.4) is 0 Å². The summed E-state index contributed by atoms with van der Waals surface area (Å²) in [6.45, 7) is 3.74. The van der Waals surface area contributed by atoms with Crippen LogP contribution in [0.25, 0.3) is 0 Å². The molecule has 2 rings (SSSR count). The first-order valence-electron chi connectivity index (χ1n) is 4.72. The second-order valence-corrected chi connectivity index (χ2v) is 4.78. The van der Waals surface area contributed by atoms with Crippen molar-refractivity contribution in [3.63, 3.8) is 0 Å². The highest BCUT2D eigenvalue weighted by atomic mass is 19.2. The molecule has 0 amide bonds. The number of hydrogen-bond donors (Lipinski definition) is 1. The summed E-state index contributed by atoms with van der Waals surface area (Å²) in [5.74, 6) is -3.01. The smallest absolute Gasteiger partial charge is 0.161 e. The van der Waals surface area contributed by atoms with Crippen LogP contribution in [0.2, 0.25) is 0 Å². The van der Waals surface area contributed by atoms with E-state index in [0.29, 0.717) is 12.5 Å². The minimum atomic E-state index is -1.18. The van der Waals surface area contributed by atoms with Crippen molar-refractivity contribution in [2.24, 2.45) is 11.1 Å². The van der Waals surface area contributed by atoms with Gasteiger partial charge in [-0.1, -0.05) is 13.8 Å². The third-order valence-electron chi connectivity index (χ3n) is 3.29. The average Bonchev–Trinajstić information content (AvgIpc) is 2.60. The lowest BCUT2D eigenvalue weighted by atomic mass is 9.96. The van der Waals surface area contributed by atoms with Gasteiger partial charge in [0.25, 0.3) is 0 Å². The summed E-state index contributed by atoms with van der Waals surface area (Å²) in [5.41, 5.74) is 4.86. The molecule has 1 aliphatic carbocycles. The van der Waals surface area contributed by atoms with Gasteiger partial charge >= 0.3 is 0 Å². The Kier molecular flexibility index (Phi) is 1.93. The van der Waals surface area contributed by atoms with Crippen molar-refractivity contribution in [3.8, 4) is 0 Å². The minimum Gasteiger partial charge on any atom is -0.321 e. The fraction of sp³-hybridized carbons (Fsp3) is 0.455. The Hall–Kier alpha value is -1.03. The highest BCUT2D eigenvalue weighted by molar-refractivity contribution is 5.36. The lowest BCUT2D eigenvalue weighted by molar-refractivity contribution is 0.456. The van der Waals surface area contributed by atoms with Crippen LogP contribution in [-0.2, 0) is 5.54 Å². The maximum Gasteiger partial charge on any atom is 0.161 e. The fourth-order valence-corrected chi connectivity index (χ4v) is 1.98. The fourth-order valence-electron chi connectivity index (χ4n) is 1.98. The number of nitrogens with two attached hydrogens (primary N) is 1. The first-order chi connectivity index (χ1) is 6.78. The standard InChI is InChI=1S/C11H12F3N/c1-10(2)5-11(10,15)6-3-8(13)9(14)4-7(6)12/h3-4H,5,15H2,1-2H3. The molecule has 0 spiro atoms. The van der Waals surface area contributed by atoms with E-state index < -0.39 is 23.0 Å². The van der Waals surface area contributed by atoms with Crippen LogP contribution in [0, 0.1) is 22.9 Å². The first-order valence-corrected chi connectivity index (χ1v) is 4.72. The van der Waals surface area contributed by atoms with Gasteiger partial charge in [-0.2, -0.15) is 0 Å². The molecule has 1 aromatic rings. The number of halogens is 3. The summed E-state index contributed by atoms with van der Waals surface area (Å²) in [6, 6.07) is 1.41. The van der Waals surface area contributed by atoms with Crippen molar-refractivity contribution in [1.82, 2.24) is 0 Å². The predicted molar refractivity (Wildman–Crippen MR) is 50.6 cm³/mol. The summed E-state index contributed by atoms with van der Waals surface area (Å²) in [6.07, 6.45) is 0.571. The maximum atomic E-state index is 13.4. The lowest BCUT2D eigenvalue weighted by Gasteiger charge is -2.16. The van der Waals surface area contributed by atoms with Crippen molar-refractivity contribution < 1.29 is 13.2 Å². The van der Waals surface area contributed by atoms with E-state index in [1.807, 2.05) is 13.8 Å². The molecule has 1 saturated carbocycles. The van der Waals surface area contributed by atoms with Crippen LogP contribution in [0.1, 0.15) is 25.8 Å². The van der Waals surface area contributed by atoms with Crippen molar-refractivity contribution >= 4 is 0 Å². The van der Waals surface area contributed by atoms with Crippen LogP contribution >= 0.6 is 0 Å². The molecule has 1 aliphatic rings. The highest BCUT2D eigenvalue weighted by Crippen LogP contribution is 2.60. The van der Waals surface area contributed by atoms with Crippen LogP contribution in [0.4, 0.5) is 13.2 Å². The van der Waals surface area contributed by atoms with Crippen LogP contribution in [0.5, 0.6) is 0 Å². The molecule has 1 nitrogen and oxygen atoms in total. The molecule has 82 valence electrons. The molecular weight excluding hydrogens is 203 g/mol. The van der Waals surface area contributed by atoms with Crippen molar-refractivity contribution in [3.05, 3.63) is 35.1 Å². The molecule has 0 aliphatic heterocycles. The summed E-state index contributed by atoms with van der Waals surface area (Å²) < 4.78 is 39.1. The first kappa shape index (κ1) is 10.5. The second-order valence-electron chi connectivity index (χ2n) is 4.78. The Morgan fingerprint density at radius 1 is 1.07 bits per heavy atom. The van der Waals surface area contributed by atoms with Gasteiger partial charge in [0.2, 0.25) is 0 Å². The van der Waals surface area contributed by atoms with Gasteiger partial charge in [0.05, 0.1) is 0 Å². The van der Waals surface area contributed by atoms with Crippen LogP contribution in [-0.4, -0.2) is 0 Å². The Bertz CT molecular complexity index is 428. The molecule has 0 bridgehead atoms. The third kappa shape index (κ3) is 1.35. The minimum absolute atomic E-state index is 0.0615. The molecule has 15 heavy (non-hydrogen) atoms. The Balaban J connectivity index is 2.52. The van der Waals surface area contributed by atoms with E-state index in [9.17, 15) is 13.2 Å². The molecule has 0 saturated heterocycles. The maximum absolute atomic E-state index is 13.4. The normalized spacial score (nSPS) is 27.9. The van der Waals surface area contributed by atoms with Crippen LogP contribution < -0.4 is 5.73 Å². The van der Waals surface area contributed by atoms with Gasteiger partial charge in [-0.3, -0.25) is 0 Å². The van der Waals surface area contributed by atoms with E-state index in [1.54, 1.807) is 0 Å². The third-order valence-corrected chi connectivity index (χ3v) is 3.29. The Morgan fingerprint density at radius 3 is 2.00 bits per heavy atom. The zero-order valence-corrected chi connectivity index (χ0v) is 8.57. The van der Waals surface area contributed by atoms with E-state index >= 15 is 0 Å². The molecule has 1 fully saturated rings. The molecule has 1 atom stereocenters. The predicted octanol–water partition coefficient (Wildman–Crippen LogP) is 2.69. The van der Waals surface area contributed by atoms with Gasteiger partial charge in [-0.05, 0) is 17.9 Å². The topological polar surface area (TPSA) is 26.0 Å². The molecule has 0 radical (unpaired) electrons. The van der Waals surface area contributed by atoms with Crippen molar-refractivity contribution in [2.75, 3.05) is 0 Å². The van der Waals surface area contributed by atoms with E-state index in [2.05, 4.69) is 0 Å². The van der Waals surface area contributed by atoms with Crippen molar-refractivity contribution in [2.45, 2.75) is 25.8 Å². The van der Waals surface area contributed by atoms with Crippen molar-refractivity contribution in [1.29, 1.82) is 0 Å². The second kappa shape index (κ2) is 2.76. The van der Waals surface area contributed by atoms with E-state index in [-0.39, 0.29) is 11.0 Å². The molecule has 0 aromatic heterocycles. The zero-order valence-electron chi connectivity index (χ0n) is 8.57. The highest BCUT2D eigenvalue weighted by Gasteiger charge is 2.60. The summed E-state index contributed by atoms with van der Waals surface area (Å²) >= 11 is 0. The molecule has 1 aromatic carbocycles. The Labute approximate surface area is 86.1 Å². The van der Waals surface area contributed by atoms with Gasteiger partial charge in [-0.25, -0.2) is 13.2 Å². The van der Waals surface area contributed by atoms with Gasteiger partial charge in [0.15, 0.2) is 11.6 Å². The van der Waals surface area contributed by atoms with Crippen LogP contribution in [0.15, 0.2) is 12.1 Å². The molecule has 4 heteroatoms. The van der Waals surface area contributed by atoms with Gasteiger partial charge in [0.1, 0.15) is 5.82 Å². The average molecular weight is 215 g/mol. The summed E-state index contributed by atoms with van der Waals surface area (Å²) in [5, 5.41) is 0. The van der Waals surface area contributed by atoms with E-state index in [1.165, 1.54) is 0 Å². The summed E-state index contributed by atoms with van der Waals surface area (Å²) in [7, 11) is 0. The van der Waals surface area contributed by atoms with E-state index in [0.717, 1.165) is 6.07 Å². The Morgan fingerprint density at radius 2 is 1.53 bits per heavy atom. The number of hydrogen-bond acceptors (Lipinski definition) is 1. The van der Waals surface area contributed by atoms with Gasteiger partial charge in [-0.15, -0.1) is 0 Å². The molecular formula is C11H12F3N. The zero-order chi connectivity index (χ0) is 11.4. The number of benzene rings is 1. The number of rotatable bonds is 1.